The molecule has 0 radical (unpaired) electrons. The molecule has 3 N–H and O–H groups in total. The second-order valence-electron chi connectivity index (χ2n) is 5.94. The smallest absolute Gasteiger partial charge is 0.336 e. The van der Waals surface area contributed by atoms with E-state index in [2.05, 4.69) is 23.7 Å². The Bertz CT molecular complexity index is 738. The molecule has 2 unspecified atom stereocenters. The third-order valence-corrected chi connectivity index (χ3v) is 3.48. The summed E-state index contributed by atoms with van der Waals surface area (Å²) < 4.78 is 24.3. The van der Waals surface area contributed by atoms with Crippen molar-refractivity contribution in [1.29, 1.82) is 0 Å². The first-order valence-corrected chi connectivity index (χ1v) is 8.95. The van der Waals surface area contributed by atoms with Gasteiger partial charge in [-0.1, -0.05) is 0 Å². The number of aliphatic hydroxyl groups is 3. The van der Waals surface area contributed by atoms with E-state index in [4.69, 9.17) is 24.1 Å². The van der Waals surface area contributed by atoms with Crippen molar-refractivity contribution in [3.05, 3.63) is 55.0 Å². The predicted octanol–water partition coefficient (Wildman–Crippen LogP) is 0.895. The van der Waals surface area contributed by atoms with Gasteiger partial charge in [0.05, 0.1) is 38.6 Å². The number of fused-ring (bicyclic) bond motifs is 1. The van der Waals surface area contributed by atoms with Crippen molar-refractivity contribution in [2.24, 2.45) is 0 Å². The van der Waals surface area contributed by atoms with Gasteiger partial charge in [0.25, 0.3) is 0 Å². The van der Waals surface area contributed by atoms with E-state index in [0.29, 0.717) is 24.4 Å². The topological polar surface area (TPSA) is 128 Å². The maximum absolute atomic E-state index is 11.1. The molecule has 2 rings (SSSR count). The Morgan fingerprint density at radius 1 is 0.967 bits per heavy atom. The fraction of sp³-hybridized carbons (Fsp3) is 0.450. The fourth-order valence-electron chi connectivity index (χ4n) is 2.13. The van der Waals surface area contributed by atoms with Crippen LogP contribution in [0.25, 0.3) is 11.0 Å². The zero-order chi connectivity index (χ0) is 21.5. The number of rotatable bonds is 12. The molecule has 166 valence electrons. The van der Waals surface area contributed by atoms with Gasteiger partial charge in [0.1, 0.15) is 11.3 Å². The molecular weight excluding hydrogens is 651 g/mol. The van der Waals surface area contributed by atoms with E-state index in [1.165, 1.54) is 6.07 Å². The summed E-state index contributed by atoms with van der Waals surface area (Å²) in [5, 5.41) is 27.4. The van der Waals surface area contributed by atoms with Crippen molar-refractivity contribution in [1.82, 2.24) is 0 Å². The van der Waals surface area contributed by atoms with Gasteiger partial charge in [0.15, 0.2) is 0 Å². The average molecular weight is 679 g/mol. The van der Waals surface area contributed by atoms with Gasteiger partial charge in [-0.25, -0.2) is 19.0 Å². The molecule has 30 heavy (non-hydrogen) atoms. The monoisotopic (exact) mass is 679 g/mol. The molecule has 0 fully saturated rings. The molecule has 0 saturated heterocycles. The van der Waals surface area contributed by atoms with Crippen molar-refractivity contribution in [3.63, 3.8) is 0 Å². The van der Waals surface area contributed by atoms with Crippen molar-refractivity contribution in [3.8, 4) is 5.75 Å². The summed E-state index contributed by atoms with van der Waals surface area (Å²) in [4.78, 5) is 11.1. The zero-order valence-electron chi connectivity index (χ0n) is 16.9. The van der Waals surface area contributed by atoms with Crippen LogP contribution in [0, 0.1) is 14.2 Å². The van der Waals surface area contributed by atoms with Crippen LogP contribution in [0.15, 0.2) is 39.5 Å². The Balaban J connectivity index is 0.000000658. The van der Waals surface area contributed by atoms with Crippen molar-refractivity contribution in [2.45, 2.75) is 18.6 Å². The minimum atomic E-state index is -0.649. The molecule has 1 aromatic heterocycles. The minimum Gasteiger partial charge on any atom is -0.553 e. The van der Waals surface area contributed by atoms with E-state index in [1.54, 1.807) is 18.2 Å². The zero-order valence-corrected chi connectivity index (χ0v) is 23.3. The third-order valence-electron chi connectivity index (χ3n) is 3.48. The van der Waals surface area contributed by atoms with Crippen LogP contribution in [0.3, 0.4) is 0 Å². The Labute approximate surface area is 169 Å². The molecule has 1 aromatic carbocycles. The van der Waals surface area contributed by atoms with Crippen LogP contribution < -0.4 is 10.4 Å². The average Bonchev–Trinajstić information content (AvgIpc) is 2.69. The molecule has 0 spiro atoms. The van der Waals surface area contributed by atoms with Crippen molar-refractivity contribution in [2.75, 3.05) is 39.6 Å². The summed E-state index contributed by atoms with van der Waals surface area (Å²) in [6.45, 7) is 1.07. The number of aliphatic hydroxyl groups excluding tert-OH is 3. The van der Waals surface area contributed by atoms with Gasteiger partial charge >= 0.3 is 5.63 Å². The van der Waals surface area contributed by atoms with Gasteiger partial charge in [-0.2, -0.15) is 0 Å². The Morgan fingerprint density at radius 3 is 2.30 bits per heavy atom. The van der Waals surface area contributed by atoms with Crippen molar-refractivity contribution < 1.29 is 38.7 Å². The molecule has 10 heteroatoms. The normalized spacial score (nSPS) is 12.4. The Kier molecular flexibility index (Phi) is 14.3. The molecule has 2 aromatic rings. The van der Waals surface area contributed by atoms with Gasteiger partial charge in [-0.15, -0.1) is 0 Å². The molecule has 0 aliphatic carbocycles. The first-order valence-electron chi connectivity index (χ1n) is 8.95. The summed E-state index contributed by atoms with van der Waals surface area (Å²) in [7, 11) is 6.28. The Hall–Kier alpha value is -3.01. The summed E-state index contributed by atoms with van der Waals surface area (Å²) in [5.41, 5.74) is 0.0827. The summed E-state index contributed by atoms with van der Waals surface area (Å²) in [5.74, 6) is 0.588. The van der Waals surface area contributed by atoms with E-state index in [-0.39, 0.29) is 33.0 Å². The standard InChI is InChI=1S/C14H15O5.C6H13O4.Rf/c1-17-9-11(15)6-7-18-12-4-2-10-3-5-14(16)19-13(10)8-12;1-9-4-6(8)5-10-3-2-7;/h2-5,8,11,15H,1,6-7,9H2;6-8H,1-5H2;/q2*-1;. The van der Waals surface area contributed by atoms with Gasteiger partial charge in [-0.05, 0) is 18.2 Å². The first kappa shape index (κ1) is 27.0. The number of hydrogen-bond acceptors (Lipinski definition) is 9. The van der Waals surface area contributed by atoms with Crippen LogP contribution in [0.4, 0.5) is 0 Å². The maximum Gasteiger partial charge on any atom is 0.336 e. The predicted molar refractivity (Wildman–Crippen MR) is 105 cm³/mol. The third kappa shape index (κ3) is 11.1. The molecule has 0 saturated carbocycles. The van der Waals surface area contributed by atoms with Crippen molar-refractivity contribution >= 4 is 11.0 Å². The maximum atomic E-state index is 11.1. The molecule has 0 amide bonds. The molecule has 2 atom stereocenters. The van der Waals surface area contributed by atoms with Crippen LogP contribution >= 0.6 is 0 Å². The fourth-order valence-corrected chi connectivity index (χ4v) is 2.13. The van der Waals surface area contributed by atoms with Crippen LogP contribution in [0.5, 0.6) is 5.75 Å². The minimum absolute atomic E-state index is 0. The number of ether oxygens (including phenoxy) is 4. The quantitative estimate of drug-likeness (QED) is 0.170. The van der Waals surface area contributed by atoms with Crippen LogP contribution in [0.2, 0.25) is 0 Å². The van der Waals surface area contributed by atoms with E-state index < -0.39 is 17.8 Å². The van der Waals surface area contributed by atoms with Gasteiger partial charge < -0.3 is 38.7 Å². The first-order chi connectivity index (χ1) is 14.0. The SMILES string of the molecule is [CH2-]OCC(O)CCOc1ccc2ccc(=O)oc2c1.[CH2-]OCC(O)COCCO.[Rf]. The Morgan fingerprint density at radius 2 is 1.63 bits per heavy atom. The van der Waals surface area contributed by atoms with E-state index >= 15 is 0 Å². The molecular formula is C20H28O9Rf-2. The van der Waals surface area contributed by atoms with E-state index in [0.717, 1.165) is 5.39 Å². The van der Waals surface area contributed by atoms with Gasteiger partial charge in [0, 0.05) is 37.2 Å². The van der Waals surface area contributed by atoms with Crippen LogP contribution in [0.1, 0.15) is 6.42 Å². The molecule has 9 nitrogen and oxygen atoms in total. The molecule has 0 aliphatic heterocycles. The summed E-state index contributed by atoms with van der Waals surface area (Å²) in [6.07, 6.45) is -0.813. The van der Waals surface area contributed by atoms with E-state index in [1.807, 2.05) is 6.07 Å². The molecule has 1 heterocycles. The van der Waals surface area contributed by atoms with Crippen LogP contribution in [-0.2, 0) is 14.2 Å². The van der Waals surface area contributed by atoms with Gasteiger partial charge in [0.2, 0.25) is 0 Å². The second kappa shape index (κ2) is 15.9. The van der Waals surface area contributed by atoms with Gasteiger partial charge in [-0.3, -0.25) is 0 Å². The van der Waals surface area contributed by atoms with E-state index in [9.17, 15) is 9.90 Å². The number of benzene rings is 1. The summed E-state index contributed by atoms with van der Waals surface area (Å²) in [6, 6.07) is 8.31. The second-order valence-corrected chi connectivity index (χ2v) is 5.94. The number of hydrogen-bond donors (Lipinski definition) is 3. The van der Waals surface area contributed by atoms with Crippen LogP contribution in [-0.4, -0.2) is 67.2 Å². The molecule has 0 aliphatic rings. The molecule has 0 bridgehead atoms. The largest absolute Gasteiger partial charge is 0.553 e. The summed E-state index contributed by atoms with van der Waals surface area (Å²) >= 11 is 0.